The number of β-amino-alcohol motifs (C(OH)–C–C–N with tert-alkyl or cyclic N) is 1. The molecule has 0 saturated carbocycles. The second kappa shape index (κ2) is 3.75. The van der Waals surface area contributed by atoms with Crippen molar-refractivity contribution in [3.05, 3.63) is 15.8 Å². The smallest absolute Gasteiger partial charge is 0.151 e. The van der Waals surface area contributed by atoms with Crippen molar-refractivity contribution in [3.8, 4) is 0 Å². The van der Waals surface area contributed by atoms with Gasteiger partial charge in [0.05, 0.1) is 6.10 Å². The molecular weight excluding hydrogens is 281 g/mol. The summed E-state index contributed by atoms with van der Waals surface area (Å²) in [7, 11) is 0. The van der Waals surface area contributed by atoms with Gasteiger partial charge in [0.15, 0.2) is 5.82 Å². The summed E-state index contributed by atoms with van der Waals surface area (Å²) in [5.41, 5.74) is 0. The highest BCUT2D eigenvalue weighted by molar-refractivity contribution is 14.1. The maximum Gasteiger partial charge on any atom is 0.151 e. The van der Waals surface area contributed by atoms with E-state index in [1.54, 1.807) is 0 Å². The lowest BCUT2D eigenvalue weighted by atomic mass is 10.3. The minimum atomic E-state index is -0.207. The highest BCUT2D eigenvalue weighted by atomic mass is 127. The number of hydrogen-bond donors (Lipinski definition) is 1. The van der Waals surface area contributed by atoms with Crippen molar-refractivity contribution in [1.29, 1.82) is 0 Å². The molecule has 0 spiro atoms. The van der Waals surface area contributed by atoms with E-state index in [4.69, 9.17) is 0 Å². The minimum Gasteiger partial charge on any atom is -0.391 e. The van der Waals surface area contributed by atoms with E-state index in [0.717, 1.165) is 22.5 Å². The second-order valence-electron chi connectivity index (χ2n) is 3.10. The lowest BCUT2D eigenvalue weighted by Gasteiger charge is -2.14. The zero-order valence-corrected chi connectivity index (χ0v) is 9.18. The van der Waals surface area contributed by atoms with Crippen LogP contribution in [0, 0.1) is 3.70 Å². The number of aromatic nitrogens is 2. The molecule has 1 aliphatic rings. The number of aliphatic hydroxyl groups is 1. The van der Waals surface area contributed by atoms with Gasteiger partial charge in [0, 0.05) is 13.1 Å². The van der Waals surface area contributed by atoms with Gasteiger partial charge < -0.3 is 10.0 Å². The van der Waals surface area contributed by atoms with E-state index in [1.165, 1.54) is 0 Å². The summed E-state index contributed by atoms with van der Waals surface area (Å²) in [5, 5.41) is 17.3. The molecule has 5 heteroatoms. The van der Waals surface area contributed by atoms with E-state index in [-0.39, 0.29) is 6.10 Å². The first kappa shape index (κ1) is 9.14. The molecule has 0 aromatic carbocycles. The van der Waals surface area contributed by atoms with Crippen LogP contribution in [-0.2, 0) is 0 Å². The third-order valence-corrected chi connectivity index (χ3v) is 2.68. The Morgan fingerprint density at radius 1 is 1.46 bits per heavy atom. The molecule has 1 saturated heterocycles. The van der Waals surface area contributed by atoms with Crippen LogP contribution in [0.15, 0.2) is 12.1 Å². The zero-order valence-electron chi connectivity index (χ0n) is 7.02. The van der Waals surface area contributed by atoms with Crippen molar-refractivity contribution in [2.75, 3.05) is 18.0 Å². The third-order valence-electron chi connectivity index (χ3n) is 2.11. The summed E-state index contributed by atoms with van der Waals surface area (Å²) in [6, 6.07) is 3.86. The largest absolute Gasteiger partial charge is 0.391 e. The summed E-state index contributed by atoms with van der Waals surface area (Å²) in [5.74, 6) is 0.858. The fraction of sp³-hybridized carbons (Fsp3) is 0.500. The second-order valence-corrected chi connectivity index (χ2v) is 4.21. The van der Waals surface area contributed by atoms with Crippen molar-refractivity contribution in [2.24, 2.45) is 0 Å². The van der Waals surface area contributed by atoms with Crippen LogP contribution in [0.3, 0.4) is 0 Å². The summed E-state index contributed by atoms with van der Waals surface area (Å²) >= 11 is 2.12. The van der Waals surface area contributed by atoms with Gasteiger partial charge in [0.25, 0.3) is 0 Å². The molecule has 1 aliphatic heterocycles. The van der Waals surface area contributed by atoms with Gasteiger partial charge in [-0.1, -0.05) is 0 Å². The number of nitrogens with zero attached hydrogens (tertiary/aromatic N) is 3. The van der Waals surface area contributed by atoms with Crippen molar-refractivity contribution in [2.45, 2.75) is 12.5 Å². The maximum atomic E-state index is 9.32. The van der Waals surface area contributed by atoms with Gasteiger partial charge in [-0.05, 0) is 41.1 Å². The van der Waals surface area contributed by atoms with Gasteiger partial charge in [0.2, 0.25) is 0 Å². The minimum absolute atomic E-state index is 0.207. The molecule has 2 rings (SSSR count). The molecule has 0 unspecified atom stereocenters. The van der Waals surface area contributed by atoms with Gasteiger partial charge in [-0.15, -0.1) is 10.2 Å². The highest BCUT2D eigenvalue weighted by Crippen LogP contribution is 2.17. The Bertz CT molecular complexity index is 290. The molecule has 13 heavy (non-hydrogen) atoms. The standard InChI is InChI=1S/C8H10IN3O/c9-7-1-2-8(11-10-7)12-4-3-6(13)5-12/h1-2,6,13H,3-5H2/t6-/m1/s1. The first-order valence-electron chi connectivity index (χ1n) is 4.18. The fourth-order valence-corrected chi connectivity index (χ4v) is 1.72. The molecule has 0 radical (unpaired) electrons. The molecular formula is C8H10IN3O. The monoisotopic (exact) mass is 291 g/mol. The van der Waals surface area contributed by atoms with Crippen LogP contribution in [0.2, 0.25) is 0 Å². The van der Waals surface area contributed by atoms with Gasteiger partial charge >= 0.3 is 0 Å². The highest BCUT2D eigenvalue weighted by Gasteiger charge is 2.21. The number of anilines is 1. The molecule has 1 fully saturated rings. The number of aliphatic hydroxyl groups excluding tert-OH is 1. The van der Waals surface area contributed by atoms with E-state index < -0.39 is 0 Å². The van der Waals surface area contributed by atoms with Crippen molar-refractivity contribution in [3.63, 3.8) is 0 Å². The van der Waals surface area contributed by atoms with E-state index in [1.807, 2.05) is 17.0 Å². The Hall–Kier alpha value is -0.430. The summed E-state index contributed by atoms with van der Waals surface area (Å²) in [6.07, 6.45) is 0.620. The summed E-state index contributed by atoms with van der Waals surface area (Å²) in [6.45, 7) is 1.55. The Balaban J connectivity index is 2.13. The summed E-state index contributed by atoms with van der Waals surface area (Å²) < 4.78 is 0.890. The van der Waals surface area contributed by atoms with Crippen LogP contribution in [0.1, 0.15) is 6.42 Å². The molecule has 1 atom stereocenters. The Labute approximate surface area is 90.1 Å². The van der Waals surface area contributed by atoms with E-state index >= 15 is 0 Å². The zero-order chi connectivity index (χ0) is 9.26. The summed E-state index contributed by atoms with van der Waals surface area (Å²) in [4.78, 5) is 2.05. The quantitative estimate of drug-likeness (QED) is 0.772. The van der Waals surface area contributed by atoms with Crippen LogP contribution in [0.25, 0.3) is 0 Å². The lowest BCUT2D eigenvalue weighted by Crippen LogP contribution is -2.22. The average Bonchev–Trinajstić information content (AvgIpc) is 2.53. The van der Waals surface area contributed by atoms with E-state index in [9.17, 15) is 5.11 Å². The Kier molecular flexibility index (Phi) is 2.63. The molecule has 0 amide bonds. The first-order valence-corrected chi connectivity index (χ1v) is 5.26. The number of halogens is 1. The molecule has 0 aliphatic carbocycles. The van der Waals surface area contributed by atoms with Crippen molar-refractivity contribution >= 4 is 28.4 Å². The SMILES string of the molecule is O[C@@H]1CCN(c2ccc(I)nn2)C1. The fourth-order valence-electron chi connectivity index (χ4n) is 1.43. The van der Waals surface area contributed by atoms with Gasteiger partial charge in [-0.2, -0.15) is 0 Å². The van der Waals surface area contributed by atoms with Crippen molar-refractivity contribution < 1.29 is 5.11 Å². The molecule has 2 heterocycles. The van der Waals surface area contributed by atoms with Crippen molar-refractivity contribution in [1.82, 2.24) is 10.2 Å². The number of rotatable bonds is 1. The lowest BCUT2D eigenvalue weighted by molar-refractivity contribution is 0.198. The Morgan fingerprint density at radius 2 is 2.31 bits per heavy atom. The van der Waals surface area contributed by atoms with Crippen LogP contribution in [0.5, 0.6) is 0 Å². The van der Waals surface area contributed by atoms with Crippen LogP contribution in [-0.4, -0.2) is 34.5 Å². The Morgan fingerprint density at radius 3 is 2.85 bits per heavy atom. The number of hydrogen-bond acceptors (Lipinski definition) is 4. The van der Waals surface area contributed by atoms with E-state index in [0.29, 0.717) is 6.54 Å². The molecule has 0 bridgehead atoms. The maximum absolute atomic E-state index is 9.32. The van der Waals surface area contributed by atoms with E-state index in [2.05, 4.69) is 32.8 Å². The molecule has 1 aromatic rings. The normalized spacial score (nSPS) is 22.3. The first-order chi connectivity index (χ1) is 6.25. The molecule has 70 valence electrons. The average molecular weight is 291 g/mol. The third kappa shape index (κ3) is 2.08. The molecule has 1 aromatic heterocycles. The predicted molar refractivity (Wildman–Crippen MR) is 57.6 cm³/mol. The molecule has 4 nitrogen and oxygen atoms in total. The topological polar surface area (TPSA) is 49.2 Å². The van der Waals surface area contributed by atoms with Crippen LogP contribution in [0.4, 0.5) is 5.82 Å². The van der Waals surface area contributed by atoms with Gasteiger partial charge in [0.1, 0.15) is 3.70 Å². The molecule has 1 N–H and O–H groups in total. The van der Waals surface area contributed by atoms with Gasteiger partial charge in [-0.3, -0.25) is 0 Å². The van der Waals surface area contributed by atoms with Gasteiger partial charge in [-0.25, -0.2) is 0 Å². The van der Waals surface area contributed by atoms with Crippen LogP contribution >= 0.6 is 22.6 Å². The predicted octanol–water partition coefficient (Wildman–Crippen LogP) is 0.652. The van der Waals surface area contributed by atoms with Crippen LogP contribution < -0.4 is 4.90 Å².